The molecule has 10 heteroatoms. The first kappa shape index (κ1) is 22.0. The van der Waals surface area contributed by atoms with Gasteiger partial charge in [0.1, 0.15) is 16.5 Å². The Morgan fingerprint density at radius 2 is 1.31 bits per heavy atom. The van der Waals surface area contributed by atoms with Crippen LogP contribution in [0.2, 0.25) is 20.1 Å². The molecule has 3 rings (SSSR count). The fourth-order valence-corrected chi connectivity index (χ4v) is 5.76. The summed E-state index contributed by atoms with van der Waals surface area (Å²) in [4.78, 5) is 0. The van der Waals surface area contributed by atoms with Crippen molar-refractivity contribution in [1.82, 2.24) is 0 Å². The average molecular weight is 494 g/mol. The van der Waals surface area contributed by atoms with Gasteiger partial charge in [-0.2, -0.15) is 8.42 Å². The van der Waals surface area contributed by atoms with E-state index in [1.54, 1.807) is 6.07 Å². The maximum Gasteiger partial charge on any atom is 0.283 e. The summed E-state index contributed by atoms with van der Waals surface area (Å²) in [5.41, 5.74) is -0.974. The molecule has 3 aromatic carbocycles. The van der Waals surface area contributed by atoms with E-state index in [1.807, 2.05) is 0 Å². The minimum absolute atomic E-state index is 0.0742. The molecule has 3 aromatic rings. The number of rotatable bonds is 4. The average Bonchev–Trinajstić information content (AvgIpc) is 2.64. The SMILES string of the molecule is O=S(=O)(O)C(c1ccccc1O)(c1ccccc1Cl)c1c(Cl)cc(Cl)c(Cl)c1O. The number of phenols is 2. The largest absolute Gasteiger partial charge is 0.508 e. The van der Waals surface area contributed by atoms with Crippen LogP contribution in [-0.4, -0.2) is 23.2 Å². The van der Waals surface area contributed by atoms with E-state index in [0.717, 1.165) is 6.07 Å². The second-order valence-corrected chi connectivity index (χ2v) is 9.19. The summed E-state index contributed by atoms with van der Waals surface area (Å²) in [6, 6.07) is 12.2. The lowest BCUT2D eigenvalue weighted by molar-refractivity contribution is 0.428. The lowest BCUT2D eigenvalue weighted by Gasteiger charge is -2.34. The summed E-state index contributed by atoms with van der Waals surface area (Å²) in [5, 5.41) is 20.4. The molecule has 0 radical (unpaired) electrons. The Bertz CT molecular complexity index is 1170. The maximum atomic E-state index is 13.0. The van der Waals surface area contributed by atoms with Crippen LogP contribution in [0.4, 0.5) is 0 Å². The Morgan fingerprint density at radius 1 is 0.759 bits per heavy atom. The molecule has 0 aliphatic rings. The summed E-state index contributed by atoms with van der Waals surface area (Å²) in [5.74, 6) is -1.28. The zero-order valence-corrected chi connectivity index (χ0v) is 18.1. The summed E-state index contributed by atoms with van der Waals surface area (Å²) >= 11 is 24.6. The quantitative estimate of drug-likeness (QED) is 0.239. The standard InChI is InChI=1S/C19H12Cl4O5S/c20-12-7-3-1-5-10(12)19(29(26,27)28,11-6-2-4-8-15(11)24)16-13(21)9-14(22)17(23)18(16)25/h1-9,24-25H,(H,26,27,28). The summed E-state index contributed by atoms with van der Waals surface area (Å²) in [7, 11) is -5.20. The van der Waals surface area contributed by atoms with E-state index < -0.39 is 31.9 Å². The summed E-state index contributed by atoms with van der Waals surface area (Å²) in [6.07, 6.45) is 0. The van der Waals surface area contributed by atoms with E-state index in [0.29, 0.717) is 0 Å². The fourth-order valence-electron chi connectivity index (χ4n) is 3.26. The zero-order valence-electron chi connectivity index (χ0n) is 14.3. The molecular weight excluding hydrogens is 482 g/mol. The third-order valence-corrected chi connectivity index (χ3v) is 7.25. The Balaban J connectivity index is 2.69. The van der Waals surface area contributed by atoms with E-state index in [4.69, 9.17) is 46.4 Å². The number of hydrogen-bond acceptors (Lipinski definition) is 4. The van der Waals surface area contributed by atoms with Crippen LogP contribution < -0.4 is 0 Å². The van der Waals surface area contributed by atoms with Crippen LogP contribution in [0.15, 0.2) is 54.6 Å². The molecule has 0 saturated carbocycles. The van der Waals surface area contributed by atoms with E-state index >= 15 is 0 Å². The minimum atomic E-state index is -5.20. The number of hydrogen-bond donors (Lipinski definition) is 3. The van der Waals surface area contributed by atoms with Crippen molar-refractivity contribution in [2.45, 2.75) is 4.75 Å². The van der Waals surface area contributed by atoms with Gasteiger partial charge < -0.3 is 10.2 Å². The molecule has 0 bridgehead atoms. The van der Waals surface area contributed by atoms with Gasteiger partial charge in [0.25, 0.3) is 10.1 Å². The molecule has 5 nitrogen and oxygen atoms in total. The fraction of sp³-hybridized carbons (Fsp3) is 0.0526. The smallest absolute Gasteiger partial charge is 0.283 e. The molecule has 3 N–H and O–H groups in total. The molecule has 0 aliphatic heterocycles. The molecule has 0 heterocycles. The van der Waals surface area contributed by atoms with Crippen LogP contribution in [-0.2, 0) is 14.9 Å². The second kappa shape index (κ2) is 7.87. The van der Waals surface area contributed by atoms with Crippen molar-refractivity contribution < 1.29 is 23.2 Å². The molecule has 0 amide bonds. The summed E-state index contributed by atoms with van der Waals surface area (Å²) in [6.45, 7) is 0. The first-order valence-electron chi connectivity index (χ1n) is 7.91. The molecule has 0 aromatic heterocycles. The molecule has 0 aliphatic carbocycles. The number of phenolic OH excluding ortho intramolecular Hbond substituents is 2. The highest BCUT2D eigenvalue weighted by Crippen LogP contribution is 2.55. The van der Waals surface area contributed by atoms with Gasteiger partial charge in [0.2, 0.25) is 0 Å². The predicted molar refractivity (Wildman–Crippen MR) is 114 cm³/mol. The van der Waals surface area contributed by atoms with Crippen molar-refractivity contribution in [2.24, 2.45) is 0 Å². The van der Waals surface area contributed by atoms with E-state index in [2.05, 4.69) is 0 Å². The van der Waals surface area contributed by atoms with Crippen LogP contribution in [0.5, 0.6) is 11.5 Å². The van der Waals surface area contributed by atoms with Gasteiger partial charge in [-0.3, -0.25) is 4.55 Å². The maximum absolute atomic E-state index is 13.0. The Kier molecular flexibility index (Phi) is 5.98. The molecule has 0 fully saturated rings. The van der Waals surface area contributed by atoms with Gasteiger partial charge >= 0.3 is 0 Å². The number of aromatic hydroxyl groups is 2. The van der Waals surface area contributed by atoms with Crippen LogP contribution in [0.3, 0.4) is 0 Å². The van der Waals surface area contributed by atoms with E-state index in [-0.39, 0.29) is 31.2 Å². The third-order valence-electron chi connectivity index (χ3n) is 4.42. The molecule has 0 saturated heterocycles. The van der Waals surface area contributed by atoms with Gasteiger partial charge in [0, 0.05) is 21.7 Å². The Morgan fingerprint density at radius 3 is 1.86 bits per heavy atom. The van der Waals surface area contributed by atoms with Crippen molar-refractivity contribution in [3.8, 4) is 11.5 Å². The van der Waals surface area contributed by atoms with Crippen molar-refractivity contribution in [3.63, 3.8) is 0 Å². The van der Waals surface area contributed by atoms with Crippen LogP contribution in [0.1, 0.15) is 16.7 Å². The van der Waals surface area contributed by atoms with Gasteiger partial charge in [-0.25, -0.2) is 0 Å². The molecular formula is C19H12Cl4O5S. The highest BCUT2D eigenvalue weighted by Gasteiger charge is 2.54. The highest BCUT2D eigenvalue weighted by molar-refractivity contribution is 7.87. The minimum Gasteiger partial charge on any atom is -0.508 e. The molecule has 1 atom stereocenters. The number of halogens is 4. The van der Waals surface area contributed by atoms with Crippen molar-refractivity contribution in [2.75, 3.05) is 0 Å². The van der Waals surface area contributed by atoms with Gasteiger partial charge in [0.05, 0.1) is 10.0 Å². The second-order valence-electron chi connectivity index (χ2n) is 6.03. The topological polar surface area (TPSA) is 94.8 Å². The van der Waals surface area contributed by atoms with Crippen LogP contribution in [0.25, 0.3) is 0 Å². The Hall–Kier alpha value is -1.67. The molecule has 29 heavy (non-hydrogen) atoms. The monoisotopic (exact) mass is 492 g/mol. The van der Waals surface area contributed by atoms with Gasteiger partial charge in [-0.1, -0.05) is 82.8 Å². The number of benzene rings is 3. The van der Waals surface area contributed by atoms with Gasteiger partial charge in [-0.05, 0) is 18.2 Å². The van der Waals surface area contributed by atoms with Gasteiger partial charge in [0.15, 0.2) is 4.75 Å². The molecule has 152 valence electrons. The van der Waals surface area contributed by atoms with Crippen LogP contribution >= 0.6 is 46.4 Å². The third kappa shape index (κ3) is 3.44. The first-order valence-corrected chi connectivity index (χ1v) is 10.9. The lowest BCUT2D eigenvalue weighted by Crippen LogP contribution is -2.39. The van der Waals surface area contributed by atoms with E-state index in [9.17, 15) is 23.2 Å². The van der Waals surface area contributed by atoms with Crippen molar-refractivity contribution in [1.29, 1.82) is 0 Å². The van der Waals surface area contributed by atoms with Gasteiger partial charge in [-0.15, -0.1) is 0 Å². The first-order chi connectivity index (χ1) is 13.5. The Labute approximate surface area is 186 Å². The lowest BCUT2D eigenvalue weighted by atomic mass is 9.82. The van der Waals surface area contributed by atoms with E-state index in [1.165, 1.54) is 42.5 Å². The number of para-hydroxylation sites is 1. The normalized spacial score (nSPS) is 13.8. The molecule has 1 unspecified atom stereocenters. The highest BCUT2D eigenvalue weighted by atomic mass is 35.5. The summed E-state index contributed by atoms with van der Waals surface area (Å²) < 4.78 is 33.9. The van der Waals surface area contributed by atoms with Crippen molar-refractivity contribution >= 4 is 56.5 Å². The van der Waals surface area contributed by atoms with Crippen molar-refractivity contribution in [3.05, 3.63) is 91.4 Å². The van der Waals surface area contributed by atoms with Crippen LogP contribution in [0, 0.1) is 0 Å². The predicted octanol–water partition coefficient (Wildman–Crippen LogP) is 5.89. The molecule has 0 spiro atoms. The zero-order chi connectivity index (χ0) is 21.6.